The Morgan fingerprint density at radius 1 is 0.923 bits per heavy atom. The van der Waals surface area contributed by atoms with Gasteiger partial charge in [-0.2, -0.15) is 0 Å². The summed E-state index contributed by atoms with van der Waals surface area (Å²) < 4.78 is 10.8. The van der Waals surface area contributed by atoms with E-state index in [0.29, 0.717) is 17.9 Å². The predicted molar refractivity (Wildman–Crippen MR) is 98.9 cm³/mol. The highest BCUT2D eigenvalue weighted by atomic mass is 16.6. The summed E-state index contributed by atoms with van der Waals surface area (Å²) in [4.78, 5) is 24.8. The van der Waals surface area contributed by atoms with Crippen LogP contribution in [-0.4, -0.2) is 24.7 Å². The molecular formula is C21H19NO4. The molecule has 0 bridgehead atoms. The molecule has 1 unspecified atom stereocenters. The van der Waals surface area contributed by atoms with E-state index in [2.05, 4.69) is 5.32 Å². The molecule has 132 valence electrons. The summed E-state index contributed by atoms with van der Waals surface area (Å²) in [7, 11) is 0. The van der Waals surface area contributed by atoms with E-state index < -0.39 is 18.2 Å². The molecule has 1 atom stereocenters. The fourth-order valence-corrected chi connectivity index (χ4v) is 2.55. The highest BCUT2D eigenvalue weighted by Crippen LogP contribution is 2.25. The first-order valence-corrected chi connectivity index (χ1v) is 8.38. The Labute approximate surface area is 151 Å². The average molecular weight is 349 g/mol. The van der Waals surface area contributed by atoms with E-state index in [1.807, 2.05) is 43.3 Å². The lowest BCUT2D eigenvalue weighted by molar-refractivity contribution is -0.146. The van der Waals surface area contributed by atoms with Crippen molar-refractivity contribution in [3.8, 4) is 5.75 Å². The van der Waals surface area contributed by atoms with Crippen molar-refractivity contribution in [1.29, 1.82) is 0 Å². The van der Waals surface area contributed by atoms with E-state index >= 15 is 0 Å². The molecule has 3 aromatic rings. The van der Waals surface area contributed by atoms with Gasteiger partial charge in [-0.3, -0.25) is 5.32 Å². The molecule has 0 radical (unpaired) electrons. The van der Waals surface area contributed by atoms with Crippen molar-refractivity contribution in [2.45, 2.75) is 13.2 Å². The number of ether oxygens (including phenoxy) is 2. The van der Waals surface area contributed by atoms with Crippen LogP contribution in [-0.2, 0) is 9.53 Å². The van der Waals surface area contributed by atoms with Gasteiger partial charge in [0.25, 0.3) is 6.23 Å². The Kier molecular flexibility index (Phi) is 5.61. The van der Waals surface area contributed by atoms with Crippen LogP contribution >= 0.6 is 0 Å². The lowest BCUT2D eigenvalue weighted by Crippen LogP contribution is -2.43. The fraction of sp³-hybridized carbons (Fsp3) is 0.143. The van der Waals surface area contributed by atoms with E-state index in [9.17, 15) is 9.59 Å². The Hall–Kier alpha value is -3.18. The number of fused-ring (bicyclic) bond motifs is 1. The van der Waals surface area contributed by atoms with Crippen molar-refractivity contribution in [2.24, 2.45) is 0 Å². The Morgan fingerprint density at radius 3 is 2.38 bits per heavy atom. The van der Waals surface area contributed by atoms with Gasteiger partial charge >= 0.3 is 11.9 Å². The zero-order valence-corrected chi connectivity index (χ0v) is 14.3. The number of esters is 2. The van der Waals surface area contributed by atoms with Crippen LogP contribution in [0.25, 0.3) is 10.8 Å². The Bertz CT molecular complexity index is 903. The maximum Gasteiger partial charge on any atom is 0.368 e. The molecule has 0 aliphatic carbocycles. The van der Waals surface area contributed by atoms with Crippen molar-refractivity contribution >= 4 is 22.7 Å². The topological polar surface area (TPSA) is 64.6 Å². The minimum absolute atomic E-state index is 0.369. The summed E-state index contributed by atoms with van der Waals surface area (Å²) >= 11 is 0. The van der Waals surface area contributed by atoms with E-state index in [0.717, 1.165) is 10.8 Å². The molecule has 0 aliphatic heterocycles. The third-order valence-corrected chi connectivity index (χ3v) is 3.80. The molecule has 5 heteroatoms. The summed E-state index contributed by atoms with van der Waals surface area (Å²) in [5, 5.41) is 4.60. The quantitative estimate of drug-likeness (QED) is 0.419. The summed E-state index contributed by atoms with van der Waals surface area (Å²) in [6.07, 6.45) is -1.19. The van der Waals surface area contributed by atoms with Gasteiger partial charge in [-0.05, 0) is 30.1 Å². The van der Waals surface area contributed by atoms with E-state index in [4.69, 9.17) is 9.47 Å². The molecule has 3 aromatic carbocycles. The molecule has 0 amide bonds. The smallest absolute Gasteiger partial charge is 0.368 e. The van der Waals surface area contributed by atoms with Gasteiger partial charge in [-0.25, -0.2) is 9.59 Å². The van der Waals surface area contributed by atoms with Crippen LogP contribution in [0.1, 0.15) is 17.3 Å². The van der Waals surface area contributed by atoms with Gasteiger partial charge in [0.2, 0.25) is 0 Å². The molecule has 0 saturated carbocycles. The number of benzene rings is 3. The summed E-state index contributed by atoms with van der Waals surface area (Å²) in [6.45, 7) is 2.26. The molecule has 0 heterocycles. The van der Waals surface area contributed by atoms with E-state index in [-0.39, 0.29) is 0 Å². The molecular weight excluding hydrogens is 330 g/mol. The first kappa shape index (κ1) is 17.6. The summed E-state index contributed by atoms with van der Waals surface area (Å²) in [5.41, 5.74) is 0.369. The fourth-order valence-electron chi connectivity index (χ4n) is 2.55. The van der Waals surface area contributed by atoms with Gasteiger partial charge in [0.05, 0.1) is 5.56 Å². The maximum atomic E-state index is 12.6. The van der Waals surface area contributed by atoms with Crippen LogP contribution in [0, 0.1) is 0 Å². The number of carbonyl (C=O) groups is 2. The minimum Gasteiger partial charge on any atom is -0.431 e. The van der Waals surface area contributed by atoms with Crippen molar-refractivity contribution in [2.75, 3.05) is 6.54 Å². The van der Waals surface area contributed by atoms with E-state index in [1.165, 1.54) is 0 Å². The van der Waals surface area contributed by atoms with Gasteiger partial charge < -0.3 is 9.47 Å². The molecule has 3 rings (SSSR count). The predicted octanol–water partition coefficient (Wildman–Crippen LogP) is 3.54. The molecule has 0 aromatic heterocycles. The van der Waals surface area contributed by atoms with Crippen LogP contribution in [0.15, 0.2) is 72.8 Å². The molecule has 0 saturated heterocycles. The number of rotatable bonds is 6. The second-order valence-electron chi connectivity index (χ2n) is 5.61. The number of hydrogen-bond donors (Lipinski definition) is 1. The Morgan fingerprint density at radius 2 is 1.62 bits per heavy atom. The third-order valence-electron chi connectivity index (χ3n) is 3.80. The monoisotopic (exact) mass is 349 g/mol. The van der Waals surface area contributed by atoms with Gasteiger partial charge in [-0.1, -0.05) is 61.5 Å². The normalized spacial score (nSPS) is 11.7. The third kappa shape index (κ3) is 4.07. The lowest BCUT2D eigenvalue weighted by Gasteiger charge is -2.17. The Balaban J connectivity index is 1.77. The number of likely N-dealkylation sites (N-methyl/N-ethyl adjacent to an activating group) is 1. The molecule has 0 spiro atoms. The van der Waals surface area contributed by atoms with Crippen molar-refractivity contribution in [3.63, 3.8) is 0 Å². The lowest BCUT2D eigenvalue weighted by atomic mass is 10.1. The number of nitrogens with one attached hydrogen (secondary N) is 1. The second-order valence-corrected chi connectivity index (χ2v) is 5.61. The van der Waals surface area contributed by atoms with Gasteiger partial charge in [0.1, 0.15) is 5.75 Å². The van der Waals surface area contributed by atoms with Crippen LogP contribution in [0.3, 0.4) is 0 Å². The van der Waals surface area contributed by atoms with E-state index in [1.54, 1.807) is 36.4 Å². The zero-order valence-electron chi connectivity index (χ0n) is 14.3. The van der Waals surface area contributed by atoms with Crippen molar-refractivity contribution in [3.05, 3.63) is 78.4 Å². The van der Waals surface area contributed by atoms with Crippen LogP contribution in [0.2, 0.25) is 0 Å². The molecule has 0 aliphatic rings. The average Bonchev–Trinajstić information content (AvgIpc) is 2.68. The number of carbonyl (C=O) groups excluding carboxylic acids is 2. The van der Waals surface area contributed by atoms with Crippen LogP contribution in [0.4, 0.5) is 0 Å². The largest absolute Gasteiger partial charge is 0.431 e. The van der Waals surface area contributed by atoms with Crippen LogP contribution in [0.5, 0.6) is 5.75 Å². The van der Waals surface area contributed by atoms with Gasteiger partial charge in [0.15, 0.2) is 0 Å². The highest BCUT2D eigenvalue weighted by Gasteiger charge is 2.25. The second kappa shape index (κ2) is 8.27. The first-order valence-electron chi connectivity index (χ1n) is 8.38. The first-order chi connectivity index (χ1) is 12.7. The molecule has 1 N–H and O–H groups in total. The summed E-state index contributed by atoms with van der Waals surface area (Å²) in [6, 6.07) is 21.6. The van der Waals surface area contributed by atoms with Crippen molar-refractivity contribution in [1.82, 2.24) is 5.32 Å². The van der Waals surface area contributed by atoms with Crippen molar-refractivity contribution < 1.29 is 19.1 Å². The molecule has 26 heavy (non-hydrogen) atoms. The summed E-state index contributed by atoms with van der Waals surface area (Å²) in [5.74, 6) is -0.842. The molecule has 0 fully saturated rings. The van der Waals surface area contributed by atoms with Gasteiger partial charge in [0, 0.05) is 5.39 Å². The molecule has 5 nitrogen and oxygen atoms in total. The van der Waals surface area contributed by atoms with Crippen LogP contribution < -0.4 is 10.1 Å². The zero-order chi connectivity index (χ0) is 18.4. The highest BCUT2D eigenvalue weighted by molar-refractivity contribution is 5.93. The maximum absolute atomic E-state index is 12.6. The van der Waals surface area contributed by atoms with Gasteiger partial charge in [-0.15, -0.1) is 0 Å². The SMILES string of the molecule is CCNC(OC(=O)c1ccccc1)C(=O)Oc1cccc2ccccc12. The number of hydrogen-bond acceptors (Lipinski definition) is 5. The standard InChI is InChI=1S/C21H19NO4/c1-2-22-19(26-20(23)16-10-4-3-5-11-16)21(24)25-18-14-8-12-15-9-6-7-13-17(15)18/h3-14,19,22H,2H2,1H3. The minimum atomic E-state index is -1.19.